The smallest absolute Gasteiger partial charge is 0.335 e. The largest absolute Gasteiger partial charge is 0.478 e. The molecular formula is C15H13N3O2. The summed E-state index contributed by atoms with van der Waals surface area (Å²) in [5.74, 6) is -0.318. The van der Waals surface area contributed by atoms with E-state index in [1.807, 2.05) is 12.1 Å². The maximum atomic E-state index is 11.1. The molecule has 0 aliphatic rings. The average Bonchev–Trinajstić information content (AvgIpc) is 2.48. The van der Waals surface area contributed by atoms with E-state index in [0.29, 0.717) is 30.0 Å². The molecule has 0 aliphatic heterocycles. The molecule has 0 fully saturated rings. The van der Waals surface area contributed by atoms with Gasteiger partial charge in [-0.15, -0.1) is 0 Å². The first kappa shape index (κ1) is 13.6. The third-order valence-corrected chi connectivity index (χ3v) is 2.81. The van der Waals surface area contributed by atoms with E-state index >= 15 is 0 Å². The molecule has 0 bridgehead atoms. The van der Waals surface area contributed by atoms with Gasteiger partial charge in [-0.2, -0.15) is 5.26 Å². The van der Waals surface area contributed by atoms with Gasteiger partial charge in [0.05, 0.1) is 5.56 Å². The number of pyridine rings is 1. The van der Waals surface area contributed by atoms with Crippen molar-refractivity contribution in [2.75, 3.05) is 11.9 Å². The highest BCUT2D eigenvalue weighted by atomic mass is 16.4. The van der Waals surface area contributed by atoms with Gasteiger partial charge in [0.2, 0.25) is 0 Å². The van der Waals surface area contributed by atoms with Crippen LogP contribution in [0.15, 0.2) is 42.5 Å². The molecule has 0 amide bonds. The second kappa shape index (κ2) is 6.34. The topological polar surface area (TPSA) is 86.0 Å². The van der Waals surface area contributed by atoms with Crippen LogP contribution in [0.3, 0.4) is 0 Å². The van der Waals surface area contributed by atoms with E-state index in [4.69, 9.17) is 10.4 Å². The number of nitriles is 1. The van der Waals surface area contributed by atoms with E-state index in [0.717, 1.165) is 5.56 Å². The Morgan fingerprint density at radius 3 is 2.80 bits per heavy atom. The Labute approximate surface area is 116 Å². The number of hydrogen-bond donors (Lipinski definition) is 2. The number of aromatic nitrogens is 1. The lowest BCUT2D eigenvalue weighted by Gasteiger charge is -2.08. The van der Waals surface area contributed by atoms with Crippen molar-refractivity contribution in [3.05, 3.63) is 59.3 Å². The highest BCUT2D eigenvalue weighted by Crippen LogP contribution is 2.10. The summed E-state index contributed by atoms with van der Waals surface area (Å²) in [7, 11) is 0. The zero-order chi connectivity index (χ0) is 14.4. The van der Waals surface area contributed by atoms with Crippen molar-refractivity contribution in [2.24, 2.45) is 0 Å². The maximum Gasteiger partial charge on any atom is 0.335 e. The second-order valence-electron chi connectivity index (χ2n) is 4.16. The summed E-state index contributed by atoms with van der Waals surface area (Å²) in [5, 5.41) is 20.9. The first-order valence-corrected chi connectivity index (χ1v) is 6.13. The van der Waals surface area contributed by atoms with Crippen molar-refractivity contribution in [3.63, 3.8) is 0 Å². The van der Waals surface area contributed by atoms with E-state index in [9.17, 15) is 4.79 Å². The van der Waals surface area contributed by atoms with Crippen LogP contribution in [-0.4, -0.2) is 22.6 Å². The summed E-state index contributed by atoms with van der Waals surface area (Å²) >= 11 is 0. The molecule has 2 rings (SSSR count). The van der Waals surface area contributed by atoms with Gasteiger partial charge in [0.15, 0.2) is 0 Å². The number of hydrogen-bond acceptors (Lipinski definition) is 4. The molecule has 2 N–H and O–H groups in total. The Morgan fingerprint density at radius 1 is 1.25 bits per heavy atom. The fourth-order valence-corrected chi connectivity index (χ4v) is 1.87. The number of benzene rings is 1. The number of anilines is 1. The third kappa shape index (κ3) is 3.33. The Hall–Kier alpha value is -2.87. The highest BCUT2D eigenvalue weighted by molar-refractivity contribution is 5.89. The SMILES string of the molecule is N#Cc1cccc(NCCc2ccccc2C(=O)O)n1. The van der Waals surface area contributed by atoms with Crippen molar-refractivity contribution in [2.45, 2.75) is 6.42 Å². The Bertz CT molecular complexity index is 662. The molecule has 0 saturated carbocycles. The number of carbonyl (C=O) groups is 1. The van der Waals surface area contributed by atoms with Crippen LogP contribution in [0, 0.1) is 11.3 Å². The fourth-order valence-electron chi connectivity index (χ4n) is 1.87. The molecule has 0 aliphatic carbocycles. The molecule has 2 aromatic rings. The molecule has 20 heavy (non-hydrogen) atoms. The van der Waals surface area contributed by atoms with Crippen LogP contribution >= 0.6 is 0 Å². The number of carboxylic acids is 1. The minimum atomic E-state index is -0.926. The summed E-state index contributed by atoms with van der Waals surface area (Å²) in [6.45, 7) is 0.548. The summed E-state index contributed by atoms with van der Waals surface area (Å²) in [6, 6.07) is 14.0. The average molecular weight is 267 g/mol. The molecule has 1 aromatic heterocycles. The van der Waals surface area contributed by atoms with Crippen LogP contribution < -0.4 is 5.32 Å². The van der Waals surface area contributed by atoms with E-state index < -0.39 is 5.97 Å². The fraction of sp³-hybridized carbons (Fsp3) is 0.133. The standard InChI is InChI=1S/C15H13N3O2/c16-10-12-5-3-7-14(18-12)17-9-8-11-4-1-2-6-13(11)15(19)20/h1-7H,8-9H2,(H,17,18)(H,19,20). The molecular weight excluding hydrogens is 254 g/mol. The van der Waals surface area contributed by atoms with Gasteiger partial charge in [-0.3, -0.25) is 0 Å². The number of nitrogens with zero attached hydrogens (tertiary/aromatic N) is 2. The molecule has 100 valence electrons. The lowest BCUT2D eigenvalue weighted by Crippen LogP contribution is -2.10. The molecule has 5 heteroatoms. The van der Waals surface area contributed by atoms with Gasteiger partial charge in [0, 0.05) is 6.54 Å². The van der Waals surface area contributed by atoms with Crippen molar-refractivity contribution in [1.82, 2.24) is 4.98 Å². The lowest BCUT2D eigenvalue weighted by atomic mass is 10.0. The molecule has 1 aromatic carbocycles. The van der Waals surface area contributed by atoms with Crippen LogP contribution in [-0.2, 0) is 6.42 Å². The highest BCUT2D eigenvalue weighted by Gasteiger charge is 2.08. The van der Waals surface area contributed by atoms with Gasteiger partial charge >= 0.3 is 5.97 Å². The van der Waals surface area contributed by atoms with Crippen molar-refractivity contribution >= 4 is 11.8 Å². The number of aromatic carboxylic acids is 1. The van der Waals surface area contributed by atoms with Gasteiger partial charge in [0.1, 0.15) is 17.6 Å². The van der Waals surface area contributed by atoms with Crippen molar-refractivity contribution in [1.29, 1.82) is 5.26 Å². The molecule has 0 unspecified atom stereocenters. The summed E-state index contributed by atoms with van der Waals surface area (Å²) in [4.78, 5) is 15.2. The number of nitrogens with one attached hydrogen (secondary N) is 1. The van der Waals surface area contributed by atoms with Crippen molar-refractivity contribution < 1.29 is 9.90 Å². The number of carboxylic acid groups (broad SMARTS) is 1. The van der Waals surface area contributed by atoms with Gasteiger partial charge < -0.3 is 10.4 Å². The minimum Gasteiger partial charge on any atom is -0.478 e. The van der Waals surface area contributed by atoms with Crippen LogP contribution in [0.4, 0.5) is 5.82 Å². The van der Waals surface area contributed by atoms with Crippen LogP contribution in [0.5, 0.6) is 0 Å². The minimum absolute atomic E-state index is 0.313. The van der Waals surface area contributed by atoms with E-state index in [1.165, 1.54) is 0 Å². The normalized spacial score (nSPS) is 9.75. The first-order valence-electron chi connectivity index (χ1n) is 6.13. The second-order valence-corrected chi connectivity index (χ2v) is 4.16. The summed E-state index contributed by atoms with van der Waals surface area (Å²) < 4.78 is 0. The molecule has 0 spiro atoms. The van der Waals surface area contributed by atoms with Gasteiger partial charge in [-0.25, -0.2) is 9.78 Å². The predicted molar refractivity (Wildman–Crippen MR) is 74.5 cm³/mol. The van der Waals surface area contributed by atoms with E-state index in [-0.39, 0.29) is 0 Å². The molecule has 0 radical (unpaired) electrons. The van der Waals surface area contributed by atoms with Crippen LogP contribution in [0.2, 0.25) is 0 Å². The van der Waals surface area contributed by atoms with E-state index in [2.05, 4.69) is 10.3 Å². The van der Waals surface area contributed by atoms with Gasteiger partial charge in [-0.1, -0.05) is 24.3 Å². The van der Waals surface area contributed by atoms with Gasteiger partial charge in [0.25, 0.3) is 0 Å². The summed E-state index contributed by atoms with van der Waals surface area (Å²) in [6.07, 6.45) is 0.570. The quantitative estimate of drug-likeness (QED) is 0.868. The van der Waals surface area contributed by atoms with Crippen LogP contribution in [0.25, 0.3) is 0 Å². The summed E-state index contributed by atoms with van der Waals surface area (Å²) in [5.41, 5.74) is 1.43. The maximum absolute atomic E-state index is 11.1. The Morgan fingerprint density at radius 2 is 2.05 bits per heavy atom. The number of rotatable bonds is 5. The zero-order valence-electron chi connectivity index (χ0n) is 10.7. The first-order chi connectivity index (χ1) is 9.70. The molecule has 0 saturated heterocycles. The van der Waals surface area contributed by atoms with Gasteiger partial charge in [-0.05, 0) is 30.2 Å². The predicted octanol–water partition coefficient (Wildman–Crippen LogP) is 2.31. The van der Waals surface area contributed by atoms with Crippen molar-refractivity contribution in [3.8, 4) is 6.07 Å². The monoisotopic (exact) mass is 267 g/mol. The van der Waals surface area contributed by atoms with E-state index in [1.54, 1.807) is 36.4 Å². The zero-order valence-corrected chi connectivity index (χ0v) is 10.7. The molecule has 0 atom stereocenters. The van der Waals surface area contributed by atoms with Crippen LogP contribution in [0.1, 0.15) is 21.6 Å². The Kier molecular flexibility index (Phi) is 4.30. The Balaban J connectivity index is 2.00. The lowest BCUT2D eigenvalue weighted by molar-refractivity contribution is 0.0695. The third-order valence-electron chi connectivity index (χ3n) is 2.81. The molecule has 5 nitrogen and oxygen atoms in total. The molecule has 1 heterocycles.